The van der Waals surface area contributed by atoms with Crippen LogP contribution in [0.2, 0.25) is 0 Å². The first-order chi connectivity index (χ1) is 6.20. The molecule has 2 aromatic rings. The molecule has 2 rings (SSSR count). The van der Waals surface area contributed by atoms with Crippen molar-refractivity contribution in [3.8, 4) is 0 Å². The third kappa shape index (κ3) is 1.09. The molecule has 0 aliphatic heterocycles. The second-order valence-electron chi connectivity index (χ2n) is 2.76. The lowest BCUT2D eigenvalue weighted by Gasteiger charge is -1.95. The summed E-state index contributed by atoms with van der Waals surface area (Å²) in [4.78, 5) is 23.1. The second-order valence-corrected chi connectivity index (χ2v) is 2.76. The van der Waals surface area contributed by atoms with Gasteiger partial charge in [0.15, 0.2) is 5.65 Å². The van der Waals surface area contributed by atoms with E-state index in [-0.39, 0.29) is 5.91 Å². The van der Waals surface area contributed by atoms with Crippen LogP contribution >= 0.6 is 0 Å². The molecule has 2 heterocycles. The van der Waals surface area contributed by atoms with Crippen LogP contribution in [0.15, 0.2) is 12.7 Å². The van der Waals surface area contributed by atoms with Gasteiger partial charge in [-0.05, 0) is 6.92 Å². The number of aromatic nitrogens is 4. The molecule has 0 spiro atoms. The highest BCUT2D eigenvalue weighted by Crippen LogP contribution is 2.10. The molecule has 0 fully saturated rings. The number of rotatable bonds is 0. The van der Waals surface area contributed by atoms with Gasteiger partial charge in [0.2, 0.25) is 5.91 Å². The Bertz CT molecular complexity index is 474. The number of carbonyl (C=O) groups is 1. The maximum absolute atomic E-state index is 11.1. The SMILES string of the molecule is CC(=O)n1cnc2c(C)ncnc21. The minimum Gasteiger partial charge on any atom is -0.274 e. The Balaban J connectivity index is 2.83. The number of aryl methyl sites for hydroxylation is 1. The summed E-state index contributed by atoms with van der Waals surface area (Å²) in [6.45, 7) is 3.31. The predicted octanol–water partition coefficient (Wildman–Crippen LogP) is 0.795. The van der Waals surface area contributed by atoms with Gasteiger partial charge in [-0.15, -0.1) is 0 Å². The summed E-state index contributed by atoms with van der Waals surface area (Å²) >= 11 is 0. The van der Waals surface area contributed by atoms with E-state index in [4.69, 9.17) is 0 Å². The van der Waals surface area contributed by atoms with E-state index in [2.05, 4.69) is 15.0 Å². The van der Waals surface area contributed by atoms with Crippen LogP contribution in [0.4, 0.5) is 0 Å². The first-order valence-corrected chi connectivity index (χ1v) is 3.85. The smallest absolute Gasteiger partial charge is 0.230 e. The summed E-state index contributed by atoms with van der Waals surface area (Å²) in [5.41, 5.74) is 2.03. The molecule has 0 aliphatic rings. The van der Waals surface area contributed by atoms with E-state index < -0.39 is 0 Å². The van der Waals surface area contributed by atoms with Gasteiger partial charge in [-0.1, -0.05) is 0 Å². The van der Waals surface area contributed by atoms with Crippen molar-refractivity contribution in [3.05, 3.63) is 18.3 Å². The number of imidazole rings is 1. The van der Waals surface area contributed by atoms with Gasteiger partial charge in [0.05, 0.1) is 5.69 Å². The topological polar surface area (TPSA) is 60.7 Å². The average molecular weight is 176 g/mol. The number of hydrogen-bond acceptors (Lipinski definition) is 4. The minimum absolute atomic E-state index is 0.0967. The molecule has 0 radical (unpaired) electrons. The number of hydrogen-bond donors (Lipinski definition) is 0. The van der Waals surface area contributed by atoms with Crippen molar-refractivity contribution >= 4 is 17.1 Å². The summed E-state index contributed by atoms with van der Waals surface area (Å²) in [6, 6.07) is 0. The molecular formula is C8H8N4O. The molecule has 0 aliphatic carbocycles. The van der Waals surface area contributed by atoms with Crippen molar-refractivity contribution in [1.29, 1.82) is 0 Å². The summed E-state index contributed by atoms with van der Waals surface area (Å²) in [5.74, 6) is -0.0967. The second kappa shape index (κ2) is 2.62. The predicted molar refractivity (Wildman–Crippen MR) is 46.4 cm³/mol. The monoisotopic (exact) mass is 176 g/mol. The Labute approximate surface area is 74.4 Å². The molecule has 0 saturated heterocycles. The molecule has 0 amide bonds. The van der Waals surface area contributed by atoms with E-state index in [9.17, 15) is 4.79 Å². The zero-order valence-electron chi connectivity index (χ0n) is 7.35. The van der Waals surface area contributed by atoms with Gasteiger partial charge in [-0.25, -0.2) is 15.0 Å². The summed E-state index contributed by atoms with van der Waals surface area (Å²) in [6.07, 6.45) is 2.90. The van der Waals surface area contributed by atoms with Gasteiger partial charge < -0.3 is 0 Å². The van der Waals surface area contributed by atoms with E-state index in [1.807, 2.05) is 6.92 Å². The fraction of sp³-hybridized carbons (Fsp3) is 0.250. The lowest BCUT2D eigenvalue weighted by Crippen LogP contribution is -2.04. The van der Waals surface area contributed by atoms with E-state index in [1.54, 1.807) is 0 Å². The van der Waals surface area contributed by atoms with Crippen LogP contribution in [0.25, 0.3) is 11.2 Å². The Hall–Kier alpha value is -1.78. The molecule has 0 unspecified atom stereocenters. The molecule has 0 aromatic carbocycles. The normalized spacial score (nSPS) is 10.6. The molecule has 0 N–H and O–H groups in total. The zero-order valence-corrected chi connectivity index (χ0v) is 7.35. The molecule has 2 aromatic heterocycles. The highest BCUT2D eigenvalue weighted by atomic mass is 16.1. The summed E-state index contributed by atoms with van der Waals surface area (Å²) in [7, 11) is 0. The number of nitrogens with zero attached hydrogens (tertiary/aromatic N) is 4. The molecule has 5 nitrogen and oxygen atoms in total. The van der Waals surface area contributed by atoms with Crippen molar-refractivity contribution in [2.75, 3.05) is 0 Å². The Morgan fingerprint density at radius 1 is 1.38 bits per heavy atom. The average Bonchev–Trinajstić information content (AvgIpc) is 2.48. The molecule has 66 valence electrons. The van der Waals surface area contributed by atoms with Gasteiger partial charge in [0.1, 0.15) is 18.2 Å². The Morgan fingerprint density at radius 3 is 2.85 bits per heavy atom. The lowest BCUT2D eigenvalue weighted by atomic mass is 10.4. The van der Waals surface area contributed by atoms with Crippen LogP contribution in [-0.2, 0) is 0 Å². The number of carbonyl (C=O) groups excluding carboxylic acids is 1. The quantitative estimate of drug-likeness (QED) is 0.595. The molecule has 0 bridgehead atoms. The van der Waals surface area contributed by atoms with Gasteiger partial charge >= 0.3 is 0 Å². The van der Waals surface area contributed by atoms with Gasteiger partial charge in [0.25, 0.3) is 0 Å². The van der Waals surface area contributed by atoms with Crippen LogP contribution in [0.3, 0.4) is 0 Å². The fourth-order valence-corrected chi connectivity index (χ4v) is 1.18. The maximum Gasteiger partial charge on any atom is 0.230 e. The highest BCUT2D eigenvalue weighted by Gasteiger charge is 2.08. The molecule has 13 heavy (non-hydrogen) atoms. The third-order valence-electron chi connectivity index (χ3n) is 1.86. The molecular weight excluding hydrogens is 168 g/mol. The van der Waals surface area contributed by atoms with Crippen LogP contribution < -0.4 is 0 Å². The van der Waals surface area contributed by atoms with Crippen molar-refractivity contribution in [2.24, 2.45) is 0 Å². The fourth-order valence-electron chi connectivity index (χ4n) is 1.18. The first kappa shape index (κ1) is 7.85. The Kier molecular flexibility index (Phi) is 1.58. The van der Waals surface area contributed by atoms with Crippen molar-refractivity contribution in [2.45, 2.75) is 13.8 Å². The minimum atomic E-state index is -0.0967. The summed E-state index contributed by atoms with van der Waals surface area (Å²) < 4.78 is 1.41. The largest absolute Gasteiger partial charge is 0.274 e. The van der Waals surface area contributed by atoms with E-state index in [0.717, 1.165) is 5.69 Å². The first-order valence-electron chi connectivity index (χ1n) is 3.85. The maximum atomic E-state index is 11.1. The van der Waals surface area contributed by atoms with Crippen molar-refractivity contribution in [3.63, 3.8) is 0 Å². The standard InChI is InChI=1S/C8H8N4O/c1-5-7-8(10-3-9-5)12(4-11-7)6(2)13/h3-4H,1-2H3. The van der Waals surface area contributed by atoms with Crippen LogP contribution in [-0.4, -0.2) is 25.4 Å². The van der Waals surface area contributed by atoms with E-state index in [0.29, 0.717) is 11.2 Å². The molecule has 0 saturated carbocycles. The molecule has 5 heteroatoms. The highest BCUT2D eigenvalue weighted by molar-refractivity contribution is 5.87. The van der Waals surface area contributed by atoms with E-state index in [1.165, 1.54) is 24.1 Å². The van der Waals surface area contributed by atoms with Crippen LogP contribution in [0, 0.1) is 6.92 Å². The van der Waals surface area contributed by atoms with Gasteiger partial charge in [0, 0.05) is 6.92 Å². The van der Waals surface area contributed by atoms with E-state index >= 15 is 0 Å². The van der Waals surface area contributed by atoms with Crippen LogP contribution in [0.1, 0.15) is 17.4 Å². The number of fused-ring (bicyclic) bond motifs is 1. The van der Waals surface area contributed by atoms with Gasteiger partial charge in [-0.3, -0.25) is 9.36 Å². The van der Waals surface area contributed by atoms with Crippen molar-refractivity contribution < 1.29 is 4.79 Å². The van der Waals surface area contributed by atoms with Gasteiger partial charge in [-0.2, -0.15) is 0 Å². The molecule has 0 atom stereocenters. The lowest BCUT2D eigenvalue weighted by molar-refractivity contribution is 0.0940. The Morgan fingerprint density at radius 2 is 2.15 bits per heavy atom. The third-order valence-corrected chi connectivity index (χ3v) is 1.86. The zero-order chi connectivity index (χ0) is 9.42. The summed E-state index contributed by atoms with van der Waals surface area (Å²) in [5, 5.41) is 0. The van der Waals surface area contributed by atoms with Crippen molar-refractivity contribution in [1.82, 2.24) is 19.5 Å². The van der Waals surface area contributed by atoms with Crippen LogP contribution in [0.5, 0.6) is 0 Å².